The normalized spacial score (nSPS) is 26.2. The van der Waals surface area contributed by atoms with Crippen LogP contribution in [0, 0.1) is 5.41 Å². The van der Waals surface area contributed by atoms with E-state index in [1.54, 1.807) is 0 Å². The zero-order chi connectivity index (χ0) is 11.5. The van der Waals surface area contributed by atoms with Crippen LogP contribution >= 0.6 is 11.6 Å². The van der Waals surface area contributed by atoms with Crippen molar-refractivity contribution in [2.45, 2.75) is 33.1 Å². The van der Waals surface area contributed by atoms with Crippen molar-refractivity contribution in [3.8, 4) is 0 Å². The van der Waals surface area contributed by atoms with Crippen molar-refractivity contribution < 1.29 is 9.59 Å². The maximum atomic E-state index is 12.1. The number of ketones is 1. The van der Waals surface area contributed by atoms with Gasteiger partial charge in [0.25, 0.3) is 0 Å². The van der Waals surface area contributed by atoms with Crippen molar-refractivity contribution in [2.75, 3.05) is 5.88 Å². The lowest BCUT2D eigenvalue weighted by molar-refractivity contribution is -0.141. The average Bonchev–Trinajstić information content (AvgIpc) is 2.24. The Morgan fingerprint density at radius 2 is 2.07 bits per heavy atom. The molecule has 0 aromatic rings. The highest BCUT2D eigenvalue weighted by Gasteiger charge is 2.46. The summed E-state index contributed by atoms with van der Waals surface area (Å²) in [4.78, 5) is 23.9. The van der Waals surface area contributed by atoms with Crippen LogP contribution in [-0.4, -0.2) is 17.6 Å². The molecule has 4 heteroatoms. The second kappa shape index (κ2) is 4.79. The number of nitrogens with one attached hydrogen (secondary N) is 1. The summed E-state index contributed by atoms with van der Waals surface area (Å²) in [5.74, 6) is -0.138. The SMILES string of the molecule is CCCC1(CC)C(=O)NC=C(CCl)C1=O. The van der Waals surface area contributed by atoms with Gasteiger partial charge in [-0.2, -0.15) is 0 Å². The van der Waals surface area contributed by atoms with Gasteiger partial charge in [0.15, 0.2) is 5.78 Å². The van der Waals surface area contributed by atoms with Gasteiger partial charge < -0.3 is 5.32 Å². The molecule has 1 aliphatic rings. The van der Waals surface area contributed by atoms with Crippen molar-refractivity contribution in [2.24, 2.45) is 5.41 Å². The van der Waals surface area contributed by atoms with Gasteiger partial charge in [0.1, 0.15) is 5.41 Å². The highest BCUT2D eigenvalue weighted by molar-refractivity contribution is 6.26. The number of hydrogen-bond acceptors (Lipinski definition) is 2. The van der Waals surface area contributed by atoms with E-state index in [4.69, 9.17) is 11.6 Å². The number of carbonyl (C=O) groups excluding carboxylic acids is 2. The second-order valence-corrected chi connectivity index (χ2v) is 4.06. The Morgan fingerprint density at radius 1 is 1.40 bits per heavy atom. The first kappa shape index (κ1) is 12.2. The molecular weight excluding hydrogens is 214 g/mol. The van der Waals surface area contributed by atoms with E-state index < -0.39 is 5.41 Å². The first-order chi connectivity index (χ1) is 7.12. The Morgan fingerprint density at radius 3 is 2.53 bits per heavy atom. The molecule has 0 saturated carbocycles. The molecule has 0 aliphatic carbocycles. The molecule has 0 aromatic carbocycles. The predicted molar refractivity (Wildman–Crippen MR) is 59.6 cm³/mol. The van der Waals surface area contributed by atoms with Crippen molar-refractivity contribution in [3.05, 3.63) is 11.8 Å². The third-order valence-corrected chi connectivity index (χ3v) is 3.25. The van der Waals surface area contributed by atoms with Crippen molar-refractivity contribution >= 4 is 23.3 Å². The van der Waals surface area contributed by atoms with E-state index >= 15 is 0 Å². The van der Waals surface area contributed by atoms with Gasteiger partial charge >= 0.3 is 0 Å². The minimum atomic E-state index is -0.881. The Hall–Kier alpha value is -0.830. The van der Waals surface area contributed by atoms with Gasteiger partial charge in [0.05, 0.1) is 5.88 Å². The summed E-state index contributed by atoms with van der Waals surface area (Å²) in [6, 6.07) is 0. The van der Waals surface area contributed by atoms with Gasteiger partial charge in [-0.15, -0.1) is 11.6 Å². The lowest BCUT2D eigenvalue weighted by Crippen LogP contribution is -2.49. The van der Waals surface area contributed by atoms with Gasteiger partial charge in [0.2, 0.25) is 5.91 Å². The van der Waals surface area contributed by atoms with Crippen molar-refractivity contribution in [1.82, 2.24) is 5.32 Å². The summed E-state index contributed by atoms with van der Waals surface area (Å²) >= 11 is 5.67. The minimum absolute atomic E-state index is 0.106. The van der Waals surface area contributed by atoms with Crippen LogP contribution in [0.15, 0.2) is 11.8 Å². The fourth-order valence-corrected chi connectivity index (χ4v) is 2.22. The van der Waals surface area contributed by atoms with Crippen LogP contribution in [-0.2, 0) is 9.59 Å². The monoisotopic (exact) mass is 229 g/mol. The molecule has 0 spiro atoms. The minimum Gasteiger partial charge on any atom is -0.331 e. The van der Waals surface area contributed by atoms with Crippen molar-refractivity contribution in [1.29, 1.82) is 0 Å². The Kier molecular flexibility index (Phi) is 3.91. The number of Topliss-reactive ketones (excluding diaryl/α,β-unsaturated/α-hetero) is 1. The second-order valence-electron chi connectivity index (χ2n) is 3.79. The number of alkyl halides is 1. The molecule has 1 heterocycles. The maximum Gasteiger partial charge on any atom is 0.237 e. The van der Waals surface area contributed by atoms with Crippen LogP contribution in [0.25, 0.3) is 0 Å². The third-order valence-electron chi connectivity index (χ3n) is 2.96. The van der Waals surface area contributed by atoms with E-state index in [9.17, 15) is 9.59 Å². The number of allylic oxidation sites excluding steroid dienone is 1. The summed E-state index contributed by atoms with van der Waals surface area (Å²) < 4.78 is 0. The molecule has 84 valence electrons. The van der Waals surface area contributed by atoms with Crippen LogP contribution in [0.4, 0.5) is 0 Å². The highest BCUT2D eigenvalue weighted by Crippen LogP contribution is 2.34. The van der Waals surface area contributed by atoms with E-state index in [1.165, 1.54) is 6.20 Å². The molecule has 0 fully saturated rings. The molecule has 1 aliphatic heterocycles. The smallest absolute Gasteiger partial charge is 0.237 e. The molecule has 1 atom stereocenters. The van der Waals surface area contributed by atoms with E-state index in [1.807, 2.05) is 13.8 Å². The fourth-order valence-electron chi connectivity index (χ4n) is 2.02. The fraction of sp³-hybridized carbons (Fsp3) is 0.636. The van der Waals surface area contributed by atoms with E-state index in [0.29, 0.717) is 18.4 Å². The molecule has 1 rings (SSSR count). The summed E-state index contributed by atoms with van der Waals surface area (Å²) in [6.07, 6.45) is 3.35. The molecule has 0 bridgehead atoms. The van der Waals surface area contributed by atoms with Crippen LogP contribution in [0.2, 0.25) is 0 Å². The van der Waals surface area contributed by atoms with Gasteiger partial charge in [-0.1, -0.05) is 20.3 Å². The lowest BCUT2D eigenvalue weighted by Gasteiger charge is -2.32. The van der Waals surface area contributed by atoms with E-state index in [0.717, 1.165) is 6.42 Å². The zero-order valence-corrected chi connectivity index (χ0v) is 9.86. The Balaban J connectivity index is 3.09. The summed E-state index contributed by atoms with van der Waals surface area (Å²) in [7, 11) is 0. The first-order valence-electron chi connectivity index (χ1n) is 5.23. The molecule has 3 nitrogen and oxygen atoms in total. The topological polar surface area (TPSA) is 46.2 Å². The van der Waals surface area contributed by atoms with Gasteiger partial charge in [-0.3, -0.25) is 9.59 Å². The largest absolute Gasteiger partial charge is 0.331 e. The molecule has 0 aromatic heterocycles. The van der Waals surface area contributed by atoms with Gasteiger partial charge in [-0.25, -0.2) is 0 Å². The van der Waals surface area contributed by atoms with Crippen LogP contribution < -0.4 is 5.32 Å². The standard InChI is InChI=1S/C11H16ClNO2/c1-3-5-11(4-2)9(14)8(6-12)7-13-10(11)15/h7H,3-6H2,1-2H3,(H,13,15). The number of amides is 1. The maximum absolute atomic E-state index is 12.1. The molecule has 1 unspecified atom stereocenters. The first-order valence-corrected chi connectivity index (χ1v) is 5.76. The summed E-state index contributed by atoms with van der Waals surface area (Å²) in [5.41, 5.74) is -0.375. The highest BCUT2D eigenvalue weighted by atomic mass is 35.5. The molecule has 1 amide bonds. The molecule has 15 heavy (non-hydrogen) atoms. The van der Waals surface area contributed by atoms with Crippen LogP contribution in [0.3, 0.4) is 0 Å². The Bertz CT molecular complexity index is 312. The molecular formula is C11H16ClNO2. The lowest BCUT2D eigenvalue weighted by atomic mass is 9.72. The number of hydrogen-bond donors (Lipinski definition) is 1. The Labute approximate surface area is 94.9 Å². The number of halogens is 1. The van der Waals surface area contributed by atoms with E-state index in [-0.39, 0.29) is 17.6 Å². The molecule has 0 saturated heterocycles. The summed E-state index contributed by atoms with van der Waals surface area (Å²) in [6.45, 7) is 3.83. The zero-order valence-electron chi connectivity index (χ0n) is 9.10. The molecule has 0 radical (unpaired) electrons. The van der Waals surface area contributed by atoms with Gasteiger partial charge in [0, 0.05) is 11.8 Å². The molecule has 1 N–H and O–H groups in total. The predicted octanol–water partition coefficient (Wildman–Crippen LogP) is 2.00. The number of rotatable bonds is 4. The average molecular weight is 230 g/mol. The quantitative estimate of drug-likeness (QED) is 0.592. The summed E-state index contributed by atoms with van der Waals surface area (Å²) in [5, 5.41) is 2.63. The van der Waals surface area contributed by atoms with Crippen molar-refractivity contribution in [3.63, 3.8) is 0 Å². The van der Waals surface area contributed by atoms with Gasteiger partial charge in [-0.05, 0) is 12.8 Å². The third kappa shape index (κ3) is 1.93. The van der Waals surface area contributed by atoms with Crippen LogP contribution in [0.1, 0.15) is 33.1 Å². The van der Waals surface area contributed by atoms with Crippen LogP contribution in [0.5, 0.6) is 0 Å². The number of carbonyl (C=O) groups is 2. The van der Waals surface area contributed by atoms with E-state index in [2.05, 4.69) is 5.32 Å².